The molecule has 1 saturated heterocycles. The van der Waals surface area contributed by atoms with Gasteiger partial charge in [0, 0.05) is 36.3 Å². The molecule has 4 rings (SSSR count). The number of hydrogen-bond acceptors (Lipinski definition) is 8. The van der Waals surface area contributed by atoms with Gasteiger partial charge in [-0.15, -0.1) is 11.8 Å². The number of rotatable bonds is 11. The Bertz CT molecular complexity index is 1300. The second-order valence-corrected chi connectivity index (χ2v) is 10.3. The van der Waals surface area contributed by atoms with Crippen LogP contribution in [0.15, 0.2) is 71.6 Å². The summed E-state index contributed by atoms with van der Waals surface area (Å²) in [5.41, 5.74) is 2.18. The first-order valence-electron chi connectivity index (χ1n) is 12.8. The van der Waals surface area contributed by atoms with Gasteiger partial charge < -0.3 is 29.1 Å². The molecule has 8 nitrogen and oxygen atoms in total. The van der Waals surface area contributed by atoms with Gasteiger partial charge in [-0.25, -0.2) is 4.39 Å². The van der Waals surface area contributed by atoms with Crippen molar-refractivity contribution in [3.05, 3.63) is 89.2 Å². The maximum absolute atomic E-state index is 14.4. The van der Waals surface area contributed by atoms with Gasteiger partial charge in [-0.3, -0.25) is 9.59 Å². The zero-order chi connectivity index (χ0) is 28.6. The van der Waals surface area contributed by atoms with Gasteiger partial charge in [0.2, 0.25) is 0 Å². The smallest absolute Gasteiger partial charge is 0.254 e. The minimum absolute atomic E-state index is 0.152. The molecule has 3 aromatic rings. The molecule has 212 valence electrons. The van der Waals surface area contributed by atoms with Crippen LogP contribution >= 0.6 is 11.8 Å². The second kappa shape index (κ2) is 13.8. The van der Waals surface area contributed by atoms with Gasteiger partial charge in [-0.1, -0.05) is 24.3 Å². The van der Waals surface area contributed by atoms with E-state index in [0.717, 1.165) is 10.6 Å². The Hall–Kier alpha value is -3.44. The molecule has 1 atom stereocenters. The van der Waals surface area contributed by atoms with Gasteiger partial charge >= 0.3 is 0 Å². The average Bonchev–Trinajstić information content (AvgIpc) is 3.00. The lowest BCUT2D eigenvalue weighted by Crippen LogP contribution is -2.52. The number of aliphatic hydroxyl groups excluding tert-OH is 1. The number of halogens is 1. The number of carbonyl (C=O) groups is 2. The molecule has 0 radical (unpaired) electrons. The number of hydrogen-bond donors (Lipinski definition) is 1. The first kappa shape index (κ1) is 29.5. The van der Waals surface area contributed by atoms with E-state index in [9.17, 15) is 19.1 Å². The Morgan fingerprint density at radius 1 is 1.15 bits per heavy atom. The number of benzene rings is 3. The molecule has 1 N–H and O–H groups in total. The lowest BCUT2D eigenvalue weighted by atomic mass is 10.1. The van der Waals surface area contributed by atoms with Crippen LogP contribution in [0.1, 0.15) is 26.3 Å². The normalized spacial score (nSPS) is 17.6. The van der Waals surface area contributed by atoms with Gasteiger partial charge in [-0.2, -0.15) is 0 Å². The van der Waals surface area contributed by atoms with Crippen molar-refractivity contribution >= 4 is 29.6 Å². The van der Waals surface area contributed by atoms with Gasteiger partial charge in [-0.05, 0) is 54.3 Å². The van der Waals surface area contributed by atoms with E-state index in [1.165, 1.54) is 18.1 Å². The average molecular weight is 569 g/mol. The van der Waals surface area contributed by atoms with Crippen molar-refractivity contribution < 1.29 is 33.3 Å². The summed E-state index contributed by atoms with van der Waals surface area (Å²) in [5.74, 6) is -0.612. The molecule has 0 aliphatic carbocycles. The lowest BCUT2D eigenvalue weighted by Gasteiger charge is -2.38. The molecule has 40 heavy (non-hydrogen) atoms. The van der Waals surface area contributed by atoms with Gasteiger partial charge in [0.05, 0.1) is 31.9 Å². The highest BCUT2D eigenvalue weighted by molar-refractivity contribution is 7.98. The van der Waals surface area contributed by atoms with Crippen LogP contribution in [-0.2, 0) is 16.0 Å². The minimum atomic E-state index is -1.03. The molecule has 0 unspecified atom stereocenters. The first-order valence-corrected chi connectivity index (χ1v) is 14.0. The quantitative estimate of drug-likeness (QED) is 0.271. The number of ether oxygens (including phenoxy) is 3. The van der Waals surface area contributed by atoms with Crippen molar-refractivity contribution in [2.24, 2.45) is 0 Å². The van der Waals surface area contributed by atoms with Crippen LogP contribution in [0.25, 0.3) is 0 Å². The number of aldehydes is 1. The number of aliphatic hydroxyl groups is 1. The van der Waals surface area contributed by atoms with Crippen molar-refractivity contribution in [1.29, 1.82) is 0 Å². The van der Waals surface area contributed by atoms with E-state index < -0.39 is 24.3 Å². The first-order chi connectivity index (χ1) is 19.3. The highest BCUT2D eigenvalue weighted by Crippen LogP contribution is 2.26. The highest BCUT2D eigenvalue weighted by Gasteiger charge is 2.33. The molecule has 1 heterocycles. The molecule has 10 heteroatoms. The van der Waals surface area contributed by atoms with E-state index in [4.69, 9.17) is 14.2 Å². The largest absolute Gasteiger partial charge is 0.494 e. The highest BCUT2D eigenvalue weighted by atomic mass is 32.2. The molecule has 0 aromatic heterocycles. The maximum Gasteiger partial charge on any atom is 0.254 e. The van der Waals surface area contributed by atoms with Crippen molar-refractivity contribution in [3.63, 3.8) is 0 Å². The predicted molar refractivity (Wildman–Crippen MR) is 152 cm³/mol. The van der Waals surface area contributed by atoms with Crippen molar-refractivity contribution in [3.8, 4) is 5.75 Å². The third kappa shape index (κ3) is 7.00. The summed E-state index contributed by atoms with van der Waals surface area (Å²) >= 11 is 1.62. The maximum atomic E-state index is 14.4. The fourth-order valence-electron chi connectivity index (χ4n) is 4.50. The Morgan fingerprint density at radius 2 is 1.85 bits per heavy atom. The summed E-state index contributed by atoms with van der Waals surface area (Å²) in [6.45, 7) is 0.793. The van der Waals surface area contributed by atoms with Crippen molar-refractivity contribution in [2.75, 3.05) is 45.1 Å². The van der Waals surface area contributed by atoms with Crippen LogP contribution in [0.3, 0.4) is 0 Å². The fraction of sp³-hybridized carbons (Fsp3) is 0.333. The van der Waals surface area contributed by atoms with E-state index in [1.807, 2.05) is 35.4 Å². The summed E-state index contributed by atoms with van der Waals surface area (Å²) < 4.78 is 31.1. The van der Waals surface area contributed by atoms with Crippen LogP contribution < -0.4 is 9.64 Å². The van der Waals surface area contributed by atoms with Gasteiger partial charge in [0.1, 0.15) is 6.10 Å². The van der Waals surface area contributed by atoms with Crippen LogP contribution in [0.5, 0.6) is 5.75 Å². The SMILES string of the molecule is COc1ccc(CN(C[C@H](O)C2OCC(N(C)C(=O)c3ccccc3C=O)CO2)c2ccc(SC)cc2)cc1F. The van der Waals surface area contributed by atoms with E-state index in [0.29, 0.717) is 29.5 Å². The summed E-state index contributed by atoms with van der Waals surface area (Å²) in [7, 11) is 3.05. The molecule has 0 saturated carbocycles. The third-order valence-corrected chi connectivity index (χ3v) is 7.58. The molecule has 1 fully saturated rings. The number of thioether (sulfide) groups is 1. The fourth-order valence-corrected chi connectivity index (χ4v) is 4.91. The number of nitrogens with zero attached hydrogens (tertiary/aromatic N) is 2. The minimum Gasteiger partial charge on any atom is -0.494 e. The van der Waals surface area contributed by atoms with Crippen molar-refractivity contribution in [2.45, 2.75) is 29.9 Å². The Balaban J connectivity index is 1.42. The topological polar surface area (TPSA) is 88.5 Å². The Labute approximate surface area is 237 Å². The summed E-state index contributed by atoms with van der Waals surface area (Å²) in [6.07, 6.45) is 0.708. The molecule has 3 aromatic carbocycles. The van der Waals surface area contributed by atoms with Crippen molar-refractivity contribution in [1.82, 2.24) is 4.90 Å². The number of carbonyl (C=O) groups excluding carboxylic acids is 2. The van der Waals surface area contributed by atoms with Crippen LogP contribution in [0.4, 0.5) is 10.1 Å². The molecule has 0 spiro atoms. The number of methoxy groups -OCH3 is 1. The zero-order valence-corrected chi connectivity index (χ0v) is 23.5. The standard InChI is InChI=1S/C30H33FN2O6S/c1-32(29(36)25-7-5-4-6-21(25)17-34)23-18-38-30(39-19-23)27(35)16-33(22-9-11-24(40-3)12-10-22)15-20-8-13-28(37-2)26(31)14-20/h4-14,17,23,27,30,35H,15-16,18-19H2,1-3H3/t23?,27-,30?/m0/s1. The van der Waals surface area contributed by atoms with Crippen LogP contribution in [0, 0.1) is 5.82 Å². The molecular formula is C30H33FN2O6S. The van der Waals surface area contributed by atoms with Crippen LogP contribution in [-0.4, -0.2) is 80.8 Å². The molecule has 1 aliphatic rings. The lowest BCUT2D eigenvalue weighted by molar-refractivity contribution is -0.235. The molecular weight excluding hydrogens is 535 g/mol. The Morgan fingerprint density at radius 3 is 2.48 bits per heavy atom. The third-order valence-electron chi connectivity index (χ3n) is 6.84. The second-order valence-electron chi connectivity index (χ2n) is 9.42. The number of amides is 1. The van der Waals surface area contributed by atoms with E-state index in [-0.39, 0.29) is 31.4 Å². The number of anilines is 1. The number of likely N-dealkylation sites (N-methyl/N-ethyl adjacent to an activating group) is 1. The molecule has 1 amide bonds. The zero-order valence-electron chi connectivity index (χ0n) is 22.7. The van der Waals surface area contributed by atoms with Crippen LogP contribution in [0.2, 0.25) is 0 Å². The van der Waals surface area contributed by atoms with E-state index in [2.05, 4.69) is 0 Å². The molecule has 1 aliphatic heterocycles. The van der Waals surface area contributed by atoms with Gasteiger partial charge in [0.25, 0.3) is 5.91 Å². The Kier molecular flexibility index (Phi) is 10.2. The monoisotopic (exact) mass is 568 g/mol. The van der Waals surface area contributed by atoms with Gasteiger partial charge in [0.15, 0.2) is 24.1 Å². The summed E-state index contributed by atoms with van der Waals surface area (Å²) in [6, 6.07) is 18.9. The molecule has 0 bridgehead atoms. The summed E-state index contributed by atoms with van der Waals surface area (Å²) in [4.78, 5) is 28.9. The van der Waals surface area contributed by atoms with E-state index >= 15 is 0 Å². The predicted octanol–water partition coefficient (Wildman–Crippen LogP) is 4.25. The summed E-state index contributed by atoms with van der Waals surface area (Å²) in [5, 5.41) is 11.1. The van der Waals surface area contributed by atoms with E-state index in [1.54, 1.807) is 55.2 Å².